The smallest absolute Gasteiger partial charge is 0.229 e. The van der Waals surface area contributed by atoms with Gasteiger partial charge in [0, 0.05) is 6.07 Å². The van der Waals surface area contributed by atoms with Crippen LogP contribution in [0.5, 0.6) is 5.75 Å². The molecular formula is C9H14N2O3S. The van der Waals surface area contributed by atoms with E-state index in [1.165, 1.54) is 7.11 Å². The lowest BCUT2D eigenvalue weighted by molar-refractivity contribution is 0.417. The number of aryl methyl sites for hydroxylation is 1. The first-order valence-electron chi connectivity index (χ1n) is 4.25. The maximum absolute atomic E-state index is 11.1. The van der Waals surface area contributed by atoms with Crippen molar-refractivity contribution in [3.05, 3.63) is 17.7 Å². The third kappa shape index (κ3) is 3.02. The van der Waals surface area contributed by atoms with Crippen LogP contribution in [0.3, 0.4) is 0 Å². The van der Waals surface area contributed by atoms with Gasteiger partial charge in [-0.15, -0.1) is 0 Å². The summed E-state index contributed by atoms with van der Waals surface area (Å²) >= 11 is 0. The molecule has 1 aromatic carbocycles. The van der Waals surface area contributed by atoms with Crippen molar-refractivity contribution in [3.8, 4) is 5.75 Å². The quantitative estimate of drug-likeness (QED) is 0.758. The molecule has 5 nitrogen and oxygen atoms in total. The van der Waals surface area contributed by atoms with Crippen molar-refractivity contribution in [2.45, 2.75) is 6.92 Å². The van der Waals surface area contributed by atoms with Crippen molar-refractivity contribution in [1.29, 1.82) is 0 Å². The first-order chi connectivity index (χ1) is 6.83. The lowest BCUT2D eigenvalue weighted by Gasteiger charge is -2.11. The summed E-state index contributed by atoms with van der Waals surface area (Å²) in [5.41, 5.74) is 7.37. The van der Waals surface area contributed by atoms with Gasteiger partial charge in [-0.3, -0.25) is 4.72 Å². The molecule has 0 fully saturated rings. The van der Waals surface area contributed by atoms with Crippen LogP contribution in [0.15, 0.2) is 12.1 Å². The van der Waals surface area contributed by atoms with Gasteiger partial charge >= 0.3 is 0 Å². The van der Waals surface area contributed by atoms with Crippen molar-refractivity contribution >= 4 is 21.4 Å². The molecule has 0 amide bonds. The molecule has 84 valence electrons. The van der Waals surface area contributed by atoms with Gasteiger partial charge in [0.2, 0.25) is 10.0 Å². The topological polar surface area (TPSA) is 81.4 Å². The van der Waals surface area contributed by atoms with Crippen molar-refractivity contribution < 1.29 is 13.2 Å². The summed E-state index contributed by atoms with van der Waals surface area (Å²) in [4.78, 5) is 0. The number of methoxy groups -OCH3 is 1. The molecule has 0 unspecified atom stereocenters. The Bertz CT molecular complexity index is 468. The van der Waals surface area contributed by atoms with Gasteiger partial charge in [-0.25, -0.2) is 8.42 Å². The van der Waals surface area contributed by atoms with Crippen LogP contribution in [0.1, 0.15) is 5.56 Å². The highest BCUT2D eigenvalue weighted by atomic mass is 32.2. The van der Waals surface area contributed by atoms with Gasteiger partial charge in [-0.05, 0) is 18.6 Å². The number of hydrogen-bond donors (Lipinski definition) is 2. The van der Waals surface area contributed by atoms with Crippen LogP contribution in [0.2, 0.25) is 0 Å². The highest BCUT2D eigenvalue weighted by Crippen LogP contribution is 2.29. The number of anilines is 2. The van der Waals surface area contributed by atoms with E-state index in [4.69, 9.17) is 10.5 Å². The summed E-state index contributed by atoms with van der Waals surface area (Å²) in [6, 6.07) is 3.22. The van der Waals surface area contributed by atoms with Gasteiger partial charge in [-0.2, -0.15) is 0 Å². The van der Waals surface area contributed by atoms with Gasteiger partial charge < -0.3 is 10.5 Å². The average Bonchev–Trinajstić information content (AvgIpc) is 2.07. The van der Waals surface area contributed by atoms with Crippen LogP contribution in [-0.2, 0) is 10.0 Å². The summed E-state index contributed by atoms with van der Waals surface area (Å²) in [5, 5.41) is 0. The fraction of sp³-hybridized carbons (Fsp3) is 0.333. The van der Waals surface area contributed by atoms with Crippen molar-refractivity contribution in [2.24, 2.45) is 0 Å². The zero-order valence-corrected chi connectivity index (χ0v) is 9.68. The molecule has 1 rings (SSSR count). The average molecular weight is 230 g/mol. The molecule has 0 spiro atoms. The summed E-state index contributed by atoms with van der Waals surface area (Å²) in [6.07, 6.45) is 1.09. The molecular weight excluding hydrogens is 216 g/mol. The van der Waals surface area contributed by atoms with Gasteiger partial charge in [-0.1, -0.05) is 0 Å². The van der Waals surface area contributed by atoms with Gasteiger partial charge in [0.15, 0.2) is 0 Å². The second-order valence-electron chi connectivity index (χ2n) is 3.28. The number of benzene rings is 1. The van der Waals surface area contributed by atoms with Crippen LogP contribution in [0.4, 0.5) is 11.4 Å². The third-order valence-corrected chi connectivity index (χ3v) is 2.46. The molecule has 6 heteroatoms. The first-order valence-corrected chi connectivity index (χ1v) is 6.14. The lowest BCUT2D eigenvalue weighted by atomic mass is 10.2. The molecule has 0 atom stereocenters. The fourth-order valence-corrected chi connectivity index (χ4v) is 1.82. The third-order valence-electron chi connectivity index (χ3n) is 1.87. The molecule has 0 radical (unpaired) electrons. The maximum atomic E-state index is 11.1. The Morgan fingerprint density at radius 2 is 2.00 bits per heavy atom. The highest BCUT2D eigenvalue weighted by Gasteiger charge is 2.08. The Morgan fingerprint density at radius 1 is 1.40 bits per heavy atom. The van der Waals surface area contributed by atoms with Crippen LogP contribution in [0.25, 0.3) is 0 Å². The summed E-state index contributed by atoms with van der Waals surface area (Å²) in [7, 11) is -1.81. The molecule has 0 aromatic heterocycles. The Morgan fingerprint density at radius 3 is 2.47 bits per heavy atom. The molecule has 1 aromatic rings. The molecule has 0 saturated carbocycles. The predicted octanol–water partition coefficient (Wildman–Crippen LogP) is 0.957. The van der Waals surface area contributed by atoms with Gasteiger partial charge in [0.25, 0.3) is 0 Å². The van der Waals surface area contributed by atoms with Gasteiger partial charge in [0.1, 0.15) is 5.75 Å². The number of hydrogen-bond acceptors (Lipinski definition) is 4. The largest absolute Gasteiger partial charge is 0.495 e. The molecule has 0 saturated heterocycles. The van der Waals surface area contributed by atoms with Gasteiger partial charge in [0.05, 0.1) is 24.7 Å². The Balaban J connectivity index is 3.19. The molecule has 0 aliphatic heterocycles. The first kappa shape index (κ1) is 11.6. The van der Waals surface area contributed by atoms with E-state index in [0.29, 0.717) is 17.1 Å². The molecule has 0 aliphatic carbocycles. The van der Waals surface area contributed by atoms with E-state index in [1.54, 1.807) is 19.1 Å². The van der Waals surface area contributed by atoms with E-state index < -0.39 is 10.0 Å². The zero-order valence-electron chi connectivity index (χ0n) is 8.87. The van der Waals surface area contributed by atoms with Crippen LogP contribution >= 0.6 is 0 Å². The van der Waals surface area contributed by atoms with Crippen molar-refractivity contribution in [3.63, 3.8) is 0 Å². The summed E-state index contributed by atoms with van der Waals surface area (Å²) in [6.45, 7) is 1.77. The number of nitrogens with one attached hydrogen (secondary N) is 1. The number of rotatable bonds is 3. The van der Waals surface area contributed by atoms with Crippen LogP contribution in [-0.4, -0.2) is 21.8 Å². The fourth-order valence-electron chi connectivity index (χ4n) is 1.20. The SMILES string of the molecule is COc1cc(NS(C)(=O)=O)c(C)cc1N. The van der Waals surface area contributed by atoms with Crippen LogP contribution < -0.4 is 15.2 Å². The second kappa shape index (κ2) is 3.98. The Kier molecular flexibility index (Phi) is 3.09. The molecule has 3 N–H and O–H groups in total. The summed E-state index contributed by atoms with van der Waals surface area (Å²) < 4.78 is 29.5. The molecule has 0 bridgehead atoms. The lowest BCUT2D eigenvalue weighted by Crippen LogP contribution is -2.11. The van der Waals surface area contributed by atoms with E-state index in [2.05, 4.69) is 4.72 Å². The minimum atomic E-state index is -3.28. The second-order valence-corrected chi connectivity index (χ2v) is 5.03. The number of ether oxygens (including phenoxy) is 1. The standard InChI is InChI=1S/C9H14N2O3S/c1-6-4-7(10)9(14-2)5-8(6)11-15(3,12)13/h4-5,11H,10H2,1-3H3. The van der Waals surface area contributed by atoms with Crippen LogP contribution in [0, 0.1) is 6.92 Å². The van der Waals surface area contributed by atoms with E-state index >= 15 is 0 Å². The van der Waals surface area contributed by atoms with E-state index in [1.807, 2.05) is 0 Å². The van der Waals surface area contributed by atoms with E-state index in [-0.39, 0.29) is 0 Å². The number of sulfonamides is 1. The normalized spacial score (nSPS) is 11.1. The Hall–Kier alpha value is -1.43. The molecule has 15 heavy (non-hydrogen) atoms. The minimum absolute atomic E-state index is 0.451. The monoisotopic (exact) mass is 230 g/mol. The Labute approximate surface area is 89.3 Å². The predicted molar refractivity (Wildman–Crippen MR) is 60.6 cm³/mol. The highest BCUT2D eigenvalue weighted by molar-refractivity contribution is 7.92. The van der Waals surface area contributed by atoms with Crippen molar-refractivity contribution in [1.82, 2.24) is 0 Å². The number of nitrogens with two attached hydrogens (primary N) is 1. The number of nitrogen functional groups attached to an aromatic ring is 1. The van der Waals surface area contributed by atoms with Crippen molar-refractivity contribution in [2.75, 3.05) is 23.8 Å². The maximum Gasteiger partial charge on any atom is 0.229 e. The van der Waals surface area contributed by atoms with E-state index in [9.17, 15) is 8.42 Å². The zero-order chi connectivity index (χ0) is 11.6. The minimum Gasteiger partial charge on any atom is -0.495 e. The van der Waals surface area contributed by atoms with E-state index in [0.717, 1.165) is 11.8 Å². The molecule has 0 heterocycles. The summed E-state index contributed by atoms with van der Waals surface area (Å²) in [5.74, 6) is 0.451. The molecule has 0 aliphatic rings.